The molecular weight excluding hydrogens is 791 g/mol. The lowest BCUT2D eigenvalue weighted by molar-refractivity contribution is -0.302. The smallest absolute Gasteiger partial charge is 0.220 e. The Labute approximate surface area is 386 Å². The van der Waals surface area contributed by atoms with E-state index < -0.39 is 49.5 Å². The summed E-state index contributed by atoms with van der Waals surface area (Å²) in [6.07, 6.45) is 50.3. The van der Waals surface area contributed by atoms with E-state index in [4.69, 9.17) is 9.47 Å². The van der Waals surface area contributed by atoms with Crippen LogP contribution in [-0.4, -0.2) is 87.5 Å². The highest BCUT2D eigenvalue weighted by Crippen LogP contribution is 2.23. The minimum Gasteiger partial charge on any atom is -0.394 e. The van der Waals surface area contributed by atoms with Gasteiger partial charge in [0.15, 0.2) is 6.29 Å². The van der Waals surface area contributed by atoms with Gasteiger partial charge in [0.05, 0.1) is 25.4 Å². The Bertz CT molecular complexity index is 1130. The summed E-state index contributed by atoms with van der Waals surface area (Å²) in [5, 5.41) is 54.2. The second-order valence-corrected chi connectivity index (χ2v) is 18.3. The van der Waals surface area contributed by atoms with Gasteiger partial charge in [-0.15, -0.1) is 0 Å². The van der Waals surface area contributed by atoms with Crippen molar-refractivity contribution in [2.24, 2.45) is 0 Å². The van der Waals surface area contributed by atoms with Crippen LogP contribution in [0.1, 0.15) is 232 Å². The third-order valence-corrected chi connectivity index (χ3v) is 12.4. The third kappa shape index (κ3) is 34.2. The van der Waals surface area contributed by atoms with Crippen LogP contribution in [0.15, 0.2) is 48.6 Å². The second kappa shape index (κ2) is 44.0. The molecule has 1 fully saturated rings. The molecule has 0 radical (unpaired) electrons. The summed E-state index contributed by atoms with van der Waals surface area (Å²) < 4.78 is 11.2. The first kappa shape index (κ1) is 59.2. The Hall–Kier alpha value is -1.85. The van der Waals surface area contributed by atoms with Gasteiger partial charge in [-0.2, -0.15) is 0 Å². The van der Waals surface area contributed by atoms with Gasteiger partial charge in [0.1, 0.15) is 24.4 Å². The van der Waals surface area contributed by atoms with Gasteiger partial charge in [0.25, 0.3) is 0 Å². The van der Waals surface area contributed by atoms with Crippen molar-refractivity contribution in [2.75, 3.05) is 13.2 Å². The molecular formula is C54H99NO8. The minimum atomic E-state index is -1.57. The summed E-state index contributed by atoms with van der Waals surface area (Å²) in [5.74, 6) is -0.190. The number of allylic oxidation sites excluding steroid dienone is 7. The topological polar surface area (TPSA) is 149 Å². The van der Waals surface area contributed by atoms with E-state index in [0.29, 0.717) is 6.42 Å². The first-order valence-corrected chi connectivity index (χ1v) is 26.4. The highest BCUT2D eigenvalue weighted by atomic mass is 16.7. The van der Waals surface area contributed by atoms with E-state index in [0.717, 1.165) is 44.9 Å². The largest absolute Gasteiger partial charge is 0.394 e. The predicted molar refractivity (Wildman–Crippen MR) is 263 cm³/mol. The summed E-state index contributed by atoms with van der Waals surface area (Å²) in [6.45, 7) is 3.75. The first-order chi connectivity index (χ1) is 30.8. The maximum atomic E-state index is 13.0. The standard InChI is InChI=1S/C54H99NO8/c1-3-5-7-9-11-13-15-17-18-19-20-21-22-23-24-25-26-27-28-29-30-32-34-36-38-40-42-44-50(58)55-47(46-62-54-53(61)52(60)51(59)49(45-56)63-54)48(57)43-41-39-37-35-33-31-16-14-12-10-8-6-4-2/h20-21,23-24,33,35,41,43,47-49,51-54,56-57,59-61H,3-19,22,25-32,34,36-40,42,44-46H2,1-2H3,(H,55,58)/b21-20-,24-23-,35-33+,43-41+. The van der Waals surface area contributed by atoms with Crippen LogP contribution in [0, 0.1) is 0 Å². The zero-order valence-corrected chi connectivity index (χ0v) is 40.6. The molecule has 63 heavy (non-hydrogen) atoms. The SMILES string of the molecule is CCCCCCCCC/C=C/CC/C=C/C(O)C(COC1OC(CO)C(O)C(O)C1O)NC(=O)CCCCCCCCCCCCC/C=C\C/C=C\CCCCCCCCCCC. The van der Waals surface area contributed by atoms with Crippen molar-refractivity contribution in [1.82, 2.24) is 5.32 Å². The molecule has 0 aromatic heterocycles. The van der Waals surface area contributed by atoms with E-state index in [9.17, 15) is 30.3 Å². The monoisotopic (exact) mass is 890 g/mol. The van der Waals surface area contributed by atoms with Gasteiger partial charge < -0.3 is 40.3 Å². The molecule has 0 aromatic carbocycles. The molecule has 0 aromatic rings. The third-order valence-electron chi connectivity index (χ3n) is 12.4. The van der Waals surface area contributed by atoms with Gasteiger partial charge in [0, 0.05) is 6.42 Å². The van der Waals surface area contributed by atoms with Crippen LogP contribution in [0.4, 0.5) is 0 Å². The van der Waals surface area contributed by atoms with E-state index >= 15 is 0 Å². The lowest BCUT2D eigenvalue weighted by atomic mass is 9.99. The van der Waals surface area contributed by atoms with Gasteiger partial charge in [-0.1, -0.05) is 210 Å². The maximum absolute atomic E-state index is 13.0. The number of hydrogen-bond acceptors (Lipinski definition) is 8. The van der Waals surface area contributed by atoms with Crippen LogP contribution < -0.4 is 5.32 Å². The van der Waals surface area contributed by atoms with Crippen LogP contribution in [0.3, 0.4) is 0 Å². The molecule has 0 spiro atoms. The molecule has 1 heterocycles. The van der Waals surface area contributed by atoms with Crippen molar-refractivity contribution in [1.29, 1.82) is 0 Å². The second-order valence-electron chi connectivity index (χ2n) is 18.3. The molecule has 368 valence electrons. The van der Waals surface area contributed by atoms with Crippen LogP contribution in [0.25, 0.3) is 0 Å². The molecule has 0 aliphatic carbocycles. The summed E-state index contributed by atoms with van der Waals surface area (Å²) in [4.78, 5) is 13.0. The fourth-order valence-electron chi connectivity index (χ4n) is 8.14. The van der Waals surface area contributed by atoms with Gasteiger partial charge in [-0.3, -0.25) is 4.79 Å². The number of aliphatic hydroxyl groups is 5. The fourth-order valence-corrected chi connectivity index (χ4v) is 8.14. The molecule has 7 atom stereocenters. The summed E-state index contributed by atoms with van der Waals surface area (Å²) in [6, 6.07) is -0.822. The van der Waals surface area contributed by atoms with Crippen LogP contribution in [-0.2, 0) is 14.3 Å². The average Bonchev–Trinajstić information content (AvgIpc) is 3.28. The van der Waals surface area contributed by atoms with Crippen molar-refractivity contribution < 1.29 is 39.8 Å². The normalized spacial score (nSPS) is 20.5. The predicted octanol–water partition coefficient (Wildman–Crippen LogP) is 12.2. The van der Waals surface area contributed by atoms with Gasteiger partial charge >= 0.3 is 0 Å². The van der Waals surface area contributed by atoms with Crippen molar-refractivity contribution >= 4 is 5.91 Å². The van der Waals surface area contributed by atoms with Crippen LogP contribution in [0.2, 0.25) is 0 Å². The van der Waals surface area contributed by atoms with Crippen molar-refractivity contribution in [3.05, 3.63) is 48.6 Å². The Morgan fingerprint density at radius 2 is 0.952 bits per heavy atom. The van der Waals surface area contributed by atoms with Gasteiger partial charge in [-0.05, 0) is 64.2 Å². The Morgan fingerprint density at radius 3 is 1.43 bits per heavy atom. The number of ether oxygens (including phenoxy) is 2. The molecule has 9 nitrogen and oxygen atoms in total. The summed E-state index contributed by atoms with van der Waals surface area (Å²) >= 11 is 0. The van der Waals surface area contributed by atoms with E-state index in [1.807, 2.05) is 6.08 Å². The Morgan fingerprint density at radius 1 is 0.540 bits per heavy atom. The number of unbranched alkanes of at least 4 members (excludes halogenated alkanes) is 28. The molecule has 9 heteroatoms. The molecule has 1 saturated heterocycles. The van der Waals surface area contributed by atoms with E-state index in [1.165, 1.54) is 167 Å². The number of hydrogen-bond donors (Lipinski definition) is 6. The lowest BCUT2D eigenvalue weighted by Gasteiger charge is -2.40. The van der Waals surface area contributed by atoms with Gasteiger partial charge in [0.2, 0.25) is 5.91 Å². The molecule has 0 saturated carbocycles. The molecule has 7 unspecified atom stereocenters. The minimum absolute atomic E-state index is 0.190. The van der Waals surface area contributed by atoms with E-state index in [1.54, 1.807) is 6.08 Å². The molecule has 1 amide bonds. The first-order valence-electron chi connectivity index (χ1n) is 26.4. The Kier molecular flexibility index (Phi) is 41.3. The molecule has 1 rings (SSSR count). The van der Waals surface area contributed by atoms with Gasteiger partial charge in [-0.25, -0.2) is 0 Å². The van der Waals surface area contributed by atoms with Crippen molar-refractivity contribution in [2.45, 2.75) is 275 Å². The van der Waals surface area contributed by atoms with E-state index in [-0.39, 0.29) is 12.5 Å². The number of aliphatic hydroxyl groups excluding tert-OH is 5. The number of amides is 1. The number of nitrogens with one attached hydrogen (secondary N) is 1. The van der Waals surface area contributed by atoms with Crippen LogP contribution in [0.5, 0.6) is 0 Å². The van der Waals surface area contributed by atoms with Crippen LogP contribution >= 0.6 is 0 Å². The van der Waals surface area contributed by atoms with E-state index in [2.05, 4.69) is 55.6 Å². The molecule has 0 bridgehead atoms. The maximum Gasteiger partial charge on any atom is 0.220 e. The summed E-state index contributed by atoms with van der Waals surface area (Å²) in [7, 11) is 0. The number of carbonyl (C=O) groups is 1. The number of carbonyl (C=O) groups excluding carboxylic acids is 1. The molecule has 6 N–H and O–H groups in total. The highest BCUT2D eigenvalue weighted by Gasteiger charge is 2.44. The zero-order chi connectivity index (χ0) is 45.9. The Balaban J connectivity index is 2.23. The van der Waals surface area contributed by atoms with Crippen molar-refractivity contribution in [3.63, 3.8) is 0 Å². The molecule has 1 aliphatic heterocycles. The summed E-state index contributed by atoms with van der Waals surface area (Å²) in [5.41, 5.74) is 0. The highest BCUT2D eigenvalue weighted by molar-refractivity contribution is 5.76. The lowest BCUT2D eigenvalue weighted by Crippen LogP contribution is -2.60. The zero-order valence-electron chi connectivity index (χ0n) is 40.6. The average molecular weight is 890 g/mol. The quantitative estimate of drug-likeness (QED) is 0.0262. The number of rotatable bonds is 44. The molecule has 1 aliphatic rings. The fraction of sp³-hybridized carbons (Fsp3) is 0.833. The van der Waals surface area contributed by atoms with Crippen molar-refractivity contribution in [3.8, 4) is 0 Å².